The van der Waals surface area contributed by atoms with E-state index in [4.69, 9.17) is 4.74 Å². The van der Waals surface area contributed by atoms with E-state index in [1.807, 2.05) is 26.2 Å². The Morgan fingerprint density at radius 3 is 2.84 bits per heavy atom. The molecule has 0 aliphatic heterocycles. The van der Waals surface area contributed by atoms with Crippen molar-refractivity contribution in [3.05, 3.63) is 46.7 Å². The van der Waals surface area contributed by atoms with Crippen molar-refractivity contribution in [2.75, 3.05) is 32.1 Å². The molecule has 1 aromatic carbocycles. The molecule has 1 N–H and O–H groups in total. The number of thiophene rings is 1. The Labute approximate surface area is 118 Å². The van der Waals surface area contributed by atoms with E-state index in [1.54, 1.807) is 11.3 Å². The molecule has 0 spiro atoms. The van der Waals surface area contributed by atoms with E-state index >= 15 is 0 Å². The smallest absolute Gasteiger partial charge is 0.121 e. The van der Waals surface area contributed by atoms with Gasteiger partial charge in [-0.25, -0.2) is 0 Å². The van der Waals surface area contributed by atoms with E-state index in [1.165, 1.54) is 4.88 Å². The van der Waals surface area contributed by atoms with E-state index in [-0.39, 0.29) is 0 Å². The van der Waals surface area contributed by atoms with Gasteiger partial charge in [-0.3, -0.25) is 0 Å². The van der Waals surface area contributed by atoms with Crippen LogP contribution in [0.4, 0.5) is 5.69 Å². The molecular weight excluding hydrogens is 256 g/mol. The van der Waals surface area contributed by atoms with Crippen LogP contribution in [-0.4, -0.2) is 27.2 Å². The minimum atomic E-state index is 0.683. The van der Waals surface area contributed by atoms with Gasteiger partial charge in [-0.2, -0.15) is 0 Å². The van der Waals surface area contributed by atoms with Crippen LogP contribution < -0.4 is 15.0 Å². The molecule has 2 aromatic rings. The van der Waals surface area contributed by atoms with Crippen LogP contribution in [0.1, 0.15) is 4.88 Å². The summed E-state index contributed by atoms with van der Waals surface area (Å²) in [5.41, 5.74) is 1.16. The Morgan fingerprint density at radius 2 is 2.11 bits per heavy atom. The molecular formula is C15H20N2OS. The Morgan fingerprint density at radius 1 is 1.21 bits per heavy atom. The van der Waals surface area contributed by atoms with Gasteiger partial charge in [0, 0.05) is 43.8 Å². The highest BCUT2D eigenvalue weighted by molar-refractivity contribution is 7.09. The number of nitrogens with zero attached hydrogens (tertiary/aromatic N) is 1. The van der Waals surface area contributed by atoms with Crippen molar-refractivity contribution < 1.29 is 4.74 Å². The van der Waals surface area contributed by atoms with Gasteiger partial charge in [-0.1, -0.05) is 12.1 Å². The van der Waals surface area contributed by atoms with Crippen LogP contribution >= 0.6 is 11.3 Å². The summed E-state index contributed by atoms with van der Waals surface area (Å²) in [5.74, 6) is 0.920. The maximum atomic E-state index is 5.73. The predicted octanol–water partition coefficient (Wildman–Crippen LogP) is 2.98. The number of rotatable bonds is 7. The van der Waals surface area contributed by atoms with Gasteiger partial charge in [-0.15, -0.1) is 11.3 Å². The summed E-state index contributed by atoms with van der Waals surface area (Å²) < 4.78 is 5.73. The van der Waals surface area contributed by atoms with Gasteiger partial charge < -0.3 is 15.0 Å². The first-order valence-electron chi connectivity index (χ1n) is 6.39. The van der Waals surface area contributed by atoms with E-state index < -0.39 is 0 Å². The second-order valence-electron chi connectivity index (χ2n) is 4.50. The summed E-state index contributed by atoms with van der Waals surface area (Å²) in [4.78, 5) is 3.43. The Balaban J connectivity index is 1.69. The highest BCUT2D eigenvalue weighted by Crippen LogP contribution is 2.19. The standard InChI is InChI=1S/C15H20N2OS/c1-17(2)13-5-3-6-14(11-13)18-9-8-16-12-15-7-4-10-19-15/h3-7,10-11,16H,8-9,12H2,1-2H3. The Bertz CT molecular complexity index is 483. The van der Waals surface area contributed by atoms with Crippen LogP contribution in [0, 0.1) is 0 Å². The average molecular weight is 276 g/mol. The summed E-state index contributed by atoms with van der Waals surface area (Å²) in [6.45, 7) is 2.45. The van der Waals surface area contributed by atoms with Crippen molar-refractivity contribution in [2.45, 2.75) is 6.54 Å². The number of anilines is 1. The first-order valence-corrected chi connectivity index (χ1v) is 7.27. The van der Waals surface area contributed by atoms with Crippen LogP contribution in [0.5, 0.6) is 5.75 Å². The lowest BCUT2D eigenvalue weighted by molar-refractivity contribution is 0.314. The number of ether oxygens (including phenoxy) is 1. The fourth-order valence-electron chi connectivity index (χ4n) is 1.72. The molecule has 4 heteroatoms. The van der Waals surface area contributed by atoms with Gasteiger partial charge in [-0.05, 0) is 23.6 Å². The number of hydrogen-bond acceptors (Lipinski definition) is 4. The highest BCUT2D eigenvalue weighted by atomic mass is 32.1. The minimum absolute atomic E-state index is 0.683. The SMILES string of the molecule is CN(C)c1cccc(OCCNCc2cccs2)c1. The molecule has 0 aliphatic carbocycles. The molecule has 2 rings (SSSR count). The zero-order valence-corrected chi connectivity index (χ0v) is 12.2. The van der Waals surface area contributed by atoms with Crippen molar-refractivity contribution in [3.63, 3.8) is 0 Å². The van der Waals surface area contributed by atoms with Crippen molar-refractivity contribution in [2.24, 2.45) is 0 Å². The Hall–Kier alpha value is -1.52. The molecule has 0 fully saturated rings. The summed E-state index contributed by atoms with van der Waals surface area (Å²) in [5, 5.41) is 5.47. The van der Waals surface area contributed by atoms with Gasteiger partial charge in [0.25, 0.3) is 0 Å². The van der Waals surface area contributed by atoms with Gasteiger partial charge in [0.15, 0.2) is 0 Å². The maximum Gasteiger partial charge on any atom is 0.121 e. The Kier molecular flexibility index (Phi) is 5.24. The fourth-order valence-corrected chi connectivity index (χ4v) is 2.39. The van der Waals surface area contributed by atoms with Crippen molar-refractivity contribution in [3.8, 4) is 5.75 Å². The van der Waals surface area contributed by atoms with E-state index in [0.717, 1.165) is 24.5 Å². The molecule has 0 bridgehead atoms. The second kappa shape index (κ2) is 7.16. The first kappa shape index (κ1) is 13.9. The minimum Gasteiger partial charge on any atom is -0.492 e. The topological polar surface area (TPSA) is 24.5 Å². The number of nitrogens with one attached hydrogen (secondary N) is 1. The monoisotopic (exact) mass is 276 g/mol. The predicted molar refractivity (Wildman–Crippen MR) is 82.3 cm³/mol. The molecule has 0 atom stereocenters. The van der Waals surface area contributed by atoms with Crippen LogP contribution in [-0.2, 0) is 6.54 Å². The fraction of sp³-hybridized carbons (Fsp3) is 0.333. The summed E-state index contributed by atoms with van der Waals surface area (Å²) in [7, 11) is 4.06. The quantitative estimate of drug-likeness (QED) is 0.787. The lowest BCUT2D eigenvalue weighted by Crippen LogP contribution is -2.20. The zero-order chi connectivity index (χ0) is 13.5. The van der Waals surface area contributed by atoms with Crippen molar-refractivity contribution >= 4 is 17.0 Å². The molecule has 0 saturated carbocycles. The third kappa shape index (κ3) is 4.58. The van der Waals surface area contributed by atoms with Crippen molar-refractivity contribution in [1.29, 1.82) is 0 Å². The zero-order valence-electron chi connectivity index (χ0n) is 11.4. The molecule has 0 unspecified atom stereocenters. The van der Waals surface area contributed by atoms with Crippen LogP contribution in [0.3, 0.4) is 0 Å². The molecule has 1 aromatic heterocycles. The summed E-state index contributed by atoms with van der Waals surface area (Å²) >= 11 is 1.77. The van der Waals surface area contributed by atoms with Gasteiger partial charge in [0.2, 0.25) is 0 Å². The van der Waals surface area contributed by atoms with Crippen molar-refractivity contribution in [1.82, 2.24) is 5.32 Å². The molecule has 0 radical (unpaired) electrons. The lowest BCUT2D eigenvalue weighted by Gasteiger charge is -2.14. The summed E-state index contributed by atoms with van der Waals surface area (Å²) in [6, 6.07) is 12.3. The van der Waals surface area contributed by atoms with Gasteiger partial charge in [0.05, 0.1) is 0 Å². The highest BCUT2D eigenvalue weighted by Gasteiger charge is 1.98. The molecule has 0 aliphatic rings. The molecule has 1 heterocycles. The lowest BCUT2D eigenvalue weighted by atomic mass is 10.3. The van der Waals surface area contributed by atoms with Crippen LogP contribution in [0.2, 0.25) is 0 Å². The maximum absolute atomic E-state index is 5.73. The van der Waals surface area contributed by atoms with Gasteiger partial charge in [0.1, 0.15) is 12.4 Å². The number of hydrogen-bond donors (Lipinski definition) is 1. The largest absolute Gasteiger partial charge is 0.492 e. The summed E-state index contributed by atoms with van der Waals surface area (Å²) in [6.07, 6.45) is 0. The molecule has 0 saturated heterocycles. The molecule has 19 heavy (non-hydrogen) atoms. The third-order valence-corrected chi connectivity index (χ3v) is 3.64. The molecule has 102 valence electrons. The third-order valence-electron chi connectivity index (χ3n) is 2.76. The molecule has 0 amide bonds. The van der Waals surface area contributed by atoms with Crippen LogP contribution in [0.15, 0.2) is 41.8 Å². The van der Waals surface area contributed by atoms with E-state index in [9.17, 15) is 0 Å². The number of benzene rings is 1. The van der Waals surface area contributed by atoms with E-state index in [0.29, 0.717) is 6.61 Å². The normalized spacial score (nSPS) is 10.4. The van der Waals surface area contributed by atoms with E-state index in [2.05, 4.69) is 39.9 Å². The second-order valence-corrected chi connectivity index (χ2v) is 5.53. The van der Waals surface area contributed by atoms with Gasteiger partial charge >= 0.3 is 0 Å². The molecule has 3 nitrogen and oxygen atoms in total. The average Bonchev–Trinajstić information content (AvgIpc) is 2.92. The van der Waals surface area contributed by atoms with Crippen LogP contribution in [0.25, 0.3) is 0 Å². The first-order chi connectivity index (χ1) is 9.25.